The van der Waals surface area contributed by atoms with Crippen LogP contribution in [0.5, 0.6) is 11.5 Å². The second kappa shape index (κ2) is 6.70. The van der Waals surface area contributed by atoms with Crippen molar-refractivity contribution in [1.29, 1.82) is 0 Å². The van der Waals surface area contributed by atoms with E-state index in [1.54, 1.807) is 0 Å². The molecule has 1 aromatic carbocycles. The van der Waals surface area contributed by atoms with Gasteiger partial charge in [-0.2, -0.15) is 0 Å². The third-order valence-electron chi connectivity index (χ3n) is 2.99. The van der Waals surface area contributed by atoms with E-state index in [-0.39, 0.29) is 0 Å². The molecule has 3 unspecified atom stereocenters. The highest BCUT2D eigenvalue weighted by atomic mass is 16.5. The van der Waals surface area contributed by atoms with E-state index in [0.29, 0.717) is 0 Å². The molecule has 1 aromatic rings. The summed E-state index contributed by atoms with van der Waals surface area (Å²) in [5.74, 6) is -12.7. The van der Waals surface area contributed by atoms with Crippen LogP contribution in [0.1, 0.15) is 80.6 Å². The molecule has 2 aliphatic heterocycles. The third-order valence-corrected chi connectivity index (χ3v) is 2.99. The van der Waals surface area contributed by atoms with Gasteiger partial charge in [-0.05, 0) is 54.1 Å². The summed E-state index contributed by atoms with van der Waals surface area (Å²) >= 11 is 0. The summed E-state index contributed by atoms with van der Waals surface area (Å²) in [5.41, 5.74) is -3.01. The normalized spacial score (nSPS) is 63.2. The maximum atomic E-state index is 11.6. The zero-order valence-corrected chi connectivity index (χ0v) is 11.3. The standard InChI is InChI=1S/C19H29NO3/c1-12(2)7-14-11-20-6-5-13-8-18(22-3)19(23-4)9-15(13)16(20)10-17(14)21/h8-9,12,14,16-17,21H,5-7,10-11H2,1-4H3/i1D3,2D3,3D3,4D3,5D2,6D2,7D2,8D,9D,10D2,11D2,12D,14D,17D. The van der Waals surface area contributed by atoms with Crippen molar-refractivity contribution in [2.45, 2.75) is 44.9 Å². The van der Waals surface area contributed by atoms with E-state index in [1.165, 1.54) is 0 Å². The summed E-state index contributed by atoms with van der Waals surface area (Å²) < 4.78 is 231. The van der Waals surface area contributed by atoms with E-state index >= 15 is 0 Å². The molecule has 23 heavy (non-hydrogen) atoms. The molecule has 3 atom stereocenters. The number of fused-ring (bicyclic) bond motifs is 3. The minimum absolute atomic E-state index is 0.670. The summed E-state index contributed by atoms with van der Waals surface area (Å²) in [4.78, 5) is -0.670. The summed E-state index contributed by atoms with van der Waals surface area (Å²) in [6, 6.07) is -6.43. The SMILES string of the molecule is [2H]c1c(OC([2H])([2H])[2H])c(OC([2H])([2H])[2H])c([2H])c2c1C1N(C([2H])([2H])C2([2H])[2H])C([2H])([2H])C([2H])(C([2H])([2H])C([2H])(C([2H])([2H])[2H])C([2H])([2H])[2H])C([2H])(O)C1([2H])[2H]. The van der Waals surface area contributed by atoms with Crippen molar-refractivity contribution in [2.75, 3.05) is 27.1 Å². The van der Waals surface area contributed by atoms with Crippen molar-refractivity contribution in [3.63, 3.8) is 0 Å². The van der Waals surface area contributed by atoms with Gasteiger partial charge < -0.3 is 14.6 Å². The van der Waals surface area contributed by atoms with Crippen molar-refractivity contribution in [1.82, 2.24) is 4.90 Å². The van der Waals surface area contributed by atoms with E-state index in [2.05, 4.69) is 9.47 Å². The van der Waals surface area contributed by atoms with Gasteiger partial charge in [-0.1, -0.05) is 13.7 Å². The number of ether oxygens (including phenoxy) is 2. The van der Waals surface area contributed by atoms with Gasteiger partial charge in [0.05, 0.1) is 32.5 Å². The van der Waals surface area contributed by atoms with Crippen LogP contribution in [-0.2, 0) is 6.37 Å². The van der Waals surface area contributed by atoms with Crippen LogP contribution in [0.4, 0.5) is 0 Å². The van der Waals surface area contributed by atoms with Gasteiger partial charge in [0.1, 0.15) is 0 Å². The van der Waals surface area contributed by atoms with Gasteiger partial charge in [-0.3, -0.25) is 4.90 Å². The summed E-state index contributed by atoms with van der Waals surface area (Å²) in [7, 11) is -7.24. The van der Waals surface area contributed by atoms with Crippen LogP contribution in [-0.4, -0.2) is 43.2 Å². The van der Waals surface area contributed by atoms with Gasteiger partial charge in [-0.15, -0.1) is 0 Å². The average Bonchev–Trinajstić information content (AvgIpc) is 2.85. The molecular weight excluding hydrogens is 290 g/mol. The number of rotatable bonds is 4. The van der Waals surface area contributed by atoms with Crippen molar-refractivity contribution < 1.29 is 51.6 Å². The van der Waals surface area contributed by atoms with Crippen LogP contribution in [0.2, 0.25) is 0 Å². The molecule has 4 heteroatoms. The van der Waals surface area contributed by atoms with Gasteiger partial charge in [0.25, 0.3) is 0 Å². The largest absolute Gasteiger partial charge is 0.493 e. The minimum atomic E-state index is -4.97. The predicted octanol–water partition coefficient (Wildman–Crippen LogP) is 3.03. The molecule has 1 saturated heterocycles. The van der Waals surface area contributed by atoms with Crippen molar-refractivity contribution in [3.05, 3.63) is 23.2 Å². The number of methoxy groups -OCH3 is 2. The molecule has 2 heterocycles. The highest BCUT2D eigenvalue weighted by Crippen LogP contribution is 2.43. The Morgan fingerprint density at radius 2 is 2.30 bits per heavy atom. The highest BCUT2D eigenvalue weighted by Gasteiger charge is 2.38. The highest BCUT2D eigenvalue weighted by molar-refractivity contribution is 5.49. The molecule has 0 saturated carbocycles. The Balaban J connectivity index is 2.70. The fourth-order valence-corrected chi connectivity index (χ4v) is 2.05. The second-order valence-electron chi connectivity index (χ2n) is 4.39. The number of hydrogen-bond acceptors (Lipinski definition) is 4. The molecule has 128 valence electrons. The van der Waals surface area contributed by atoms with Crippen molar-refractivity contribution in [3.8, 4) is 11.5 Å². The monoisotopic (exact) mass is 346 g/mol. The average molecular weight is 347 g/mol. The van der Waals surface area contributed by atoms with Gasteiger partial charge in [0.2, 0.25) is 0 Å². The zero-order chi connectivity index (χ0) is 40.0. The van der Waals surface area contributed by atoms with Crippen LogP contribution in [0.25, 0.3) is 0 Å². The quantitative estimate of drug-likeness (QED) is 0.910. The minimum Gasteiger partial charge on any atom is -0.493 e. The summed E-state index contributed by atoms with van der Waals surface area (Å²) in [5, 5.41) is 11.6. The van der Waals surface area contributed by atoms with E-state index in [1.807, 2.05) is 0 Å². The Morgan fingerprint density at radius 3 is 3.04 bits per heavy atom. The molecule has 0 amide bonds. The Morgan fingerprint density at radius 1 is 1.52 bits per heavy atom. The maximum absolute atomic E-state index is 11.6. The van der Waals surface area contributed by atoms with Gasteiger partial charge >= 0.3 is 0 Å². The van der Waals surface area contributed by atoms with Gasteiger partial charge in [0, 0.05) is 43.7 Å². The molecule has 2 aliphatic rings. The fourth-order valence-electron chi connectivity index (χ4n) is 2.05. The van der Waals surface area contributed by atoms with Crippen molar-refractivity contribution >= 4 is 0 Å². The number of hydrogen-bond donors (Lipinski definition) is 1. The number of piperidine rings is 1. The lowest BCUT2D eigenvalue weighted by atomic mass is 9.79. The Kier molecular flexibility index (Phi) is 1.06. The lowest BCUT2D eigenvalue weighted by molar-refractivity contribution is -0.0191. The van der Waals surface area contributed by atoms with Gasteiger partial charge in [-0.25, -0.2) is 0 Å². The lowest BCUT2D eigenvalue weighted by Crippen LogP contribution is -2.48. The van der Waals surface area contributed by atoms with Crippen LogP contribution in [0.15, 0.2) is 12.1 Å². The number of benzene rings is 1. The molecule has 1 fully saturated rings. The van der Waals surface area contributed by atoms with E-state index in [4.69, 9.17) is 37.0 Å². The predicted molar refractivity (Wildman–Crippen MR) is 91.1 cm³/mol. The van der Waals surface area contributed by atoms with Crippen molar-refractivity contribution in [2.24, 2.45) is 11.8 Å². The summed E-state index contributed by atoms with van der Waals surface area (Å²) in [6.07, 6.45) is -18.2. The molecule has 0 aliphatic carbocycles. The molecule has 1 N–H and O–H groups in total. The Hall–Kier alpha value is -1.26. The third kappa shape index (κ3) is 3.20. The van der Waals surface area contributed by atoms with Crippen LogP contribution >= 0.6 is 0 Å². The second-order valence-corrected chi connectivity index (χ2v) is 4.39. The van der Waals surface area contributed by atoms with E-state index in [0.717, 1.165) is 0 Å². The number of aliphatic hydroxyl groups is 1. The smallest absolute Gasteiger partial charge is 0.161 e. The maximum Gasteiger partial charge on any atom is 0.161 e. The molecule has 4 nitrogen and oxygen atoms in total. The Labute approximate surface area is 177 Å². The molecule has 0 spiro atoms. The topological polar surface area (TPSA) is 41.9 Å². The number of nitrogens with zero attached hydrogens (tertiary/aromatic N) is 1. The molecule has 3 rings (SSSR count). The molecule has 0 radical (unpaired) electrons. The van der Waals surface area contributed by atoms with Crippen LogP contribution in [0, 0.1) is 11.8 Å². The first kappa shape index (κ1) is 3.63. The van der Waals surface area contributed by atoms with E-state index in [9.17, 15) is 5.11 Å². The molecule has 0 aromatic heterocycles. The first-order chi connectivity index (χ1) is 21.5. The van der Waals surface area contributed by atoms with Crippen LogP contribution < -0.4 is 9.47 Å². The van der Waals surface area contributed by atoms with Gasteiger partial charge in [0.15, 0.2) is 11.5 Å². The summed E-state index contributed by atoms with van der Waals surface area (Å²) in [6.45, 7) is -17.7. The zero-order valence-electron chi connectivity index (χ0n) is 38.3. The lowest BCUT2D eigenvalue weighted by Gasteiger charge is -2.46. The van der Waals surface area contributed by atoms with E-state index < -0.39 is 123 Å². The Bertz CT molecular complexity index is 1520. The fraction of sp³-hybridized carbons (Fsp3) is 0.684. The first-order valence-electron chi connectivity index (χ1n) is 19.6. The van der Waals surface area contributed by atoms with Crippen LogP contribution in [0.3, 0.4) is 0 Å². The molecule has 0 bridgehead atoms. The molecular formula is C19H29NO3. The first-order valence-corrected chi connectivity index (χ1v) is 6.07.